The highest BCUT2D eigenvalue weighted by Gasteiger charge is 2.19. The van der Waals surface area contributed by atoms with Crippen LogP contribution in [-0.4, -0.2) is 25.1 Å². The quantitative estimate of drug-likeness (QED) is 0.937. The molecule has 110 valence electrons. The van der Waals surface area contributed by atoms with E-state index in [-0.39, 0.29) is 6.04 Å². The number of methoxy groups -OCH3 is 1. The summed E-state index contributed by atoms with van der Waals surface area (Å²) < 4.78 is 5.41. The number of rotatable bonds is 4. The minimum Gasteiger partial charge on any atom is -0.496 e. The molecular weight excluding hydrogens is 260 g/mol. The van der Waals surface area contributed by atoms with E-state index in [4.69, 9.17) is 10.5 Å². The fraction of sp³-hybridized carbons (Fsp3) is 0.333. The summed E-state index contributed by atoms with van der Waals surface area (Å²) in [7, 11) is 1.70. The van der Waals surface area contributed by atoms with Crippen molar-refractivity contribution in [3.05, 3.63) is 65.2 Å². The number of hydrogen-bond donors (Lipinski definition) is 1. The lowest BCUT2D eigenvalue weighted by Crippen LogP contribution is -2.36. The maximum atomic E-state index is 6.40. The van der Waals surface area contributed by atoms with Gasteiger partial charge in [-0.15, -0.1) is 0 Å². The molecule has 1 atom stereocenters. The molecular formula is C18H22N2O. The molecule has 0 radical (unpaired) electrons. The second kappa shape index (κ2) is 6.29. The Kier molecular flexibility index (Phi) is 4.23. The number of nitrogens with two attached hydrogens (primary N) is 1. The standard InChI is InChI=1S/C18H22N2O/c1-21-18-9-5-4-8-16(18)17(19)13-20-11-10-14-6-2-3-7-15(14)12-20/h2-9,17H,10-13,19H2,1H3. The molecule has 0 amide bonds. The highest BCUT2D eigenvalue weighted by atomic mass is 16.5. The molecule has 1 aliphatic heterocycles. The van der Waals surface area contributed by atoms with Gasteiger partial charge < -0.3 is 10.5 Å². The van der Waals surface area contributed by atoms with Crippen LogP contribution in [0.3, 0.4) is 0 Å². The normalized spacial score (nSPS) is 16.3. The number of nitrogens with zero attached hydrogens (tertiary/aromatic N) is 1. The molecule has 0 spiro atoms. The average molecular weight is 282 g/mol. The Morgan fingerprint density at radius 1 is 1.10 bits per heavy atom. The summed E-state index contributed by atoms with van der Waals surface area (Å²) in [5, 5.41) is 0. The first-order valence-electron chi connectivity index (χ1n) is 7.45. The van der Waals surface area contributed by atoms with Crippen molar-refractivity contribution in [3.8, 4) is 5.75 Å². The summed E-state index contributed by atoms with van der Waals surface area (Å²) in [6, 6.07) is 16.7. The Hall–Kier alpha value is -1.84. The molecule has 0 fully saturated rings. The zero-order chi connectivity index (χ0) is 14.7. The lowest BCUT2D eigenvalue weighted by Gasteiger charge is -2.31. The van der Waals surface area contributed by atoms with E-state index in [1.54, 1.807) is 7.11 Å². The molecule has 3 heteroatoms. The van der Waals surface area contributed by atoms with Gasteiger partial charge in [-0.1, -0.05) is 42.5 Å². The van der Waals surface area contributed by atoms with Crippen molar-refractivity contribution in [2.24, 2.45) is 5.73 Å². The largest absolute Gasteiger partial charge is 0.496 e. The highest BCUT2D eigenvalue weighted by Crippen LogP contribution is 2.25. The lowest BCUT2D eigenvalue weighted by atomic mass is 9.98. The third-order valence-electron chi connectivity index (χ3n) is 4.20. The predicted octanol–water partition coefficient (Wildman–Crippen LogP) is 2.75. The van der Waals surface area contributed by atoms with E-state index in [1.165, 1.54) is 11.1 Å². The van der Waals surface area contributed by atoms with Gasteiger partial charge in [0.25, 0.3) is 0 Å². The van der Waals surface area contributed by atoms with Crippen LogP contribution in [0.15, 0.2) is 48.5 Å². The molecule has 0 saturated heterocycles. The van der Waals surface area contributed by atoms with Crippen molar-refractivity contribution in [3.63, 3.8) is 0 Å². The summed E-state index contributed by atoms with van der Waals surface area (Å²) in [6.45, 7) is 2.91. The van der Waals surface area contributed by atoms with Crippen LogP contribution in [0, 0.1) is 0 Å². The van der Waals surface area contributed by atoms with Gasteiger partial charge in [-0.3, -0.25) is 4.90 Å². The summed E-state index contributed by atoms with van der Waals surface area (Å²) in [6.07, 6.45) is 1.11. The maximum absolute atomic E-state index is 6.40. The van der Waals surface area contributed by atoms with Crippen LogP contribution >= 0.6 is 0 Å². The van der Waals surface area contributed by atoms with Crippen LogP contribution in [0.5, 0.6) is 5.75 Å². The van der Waals surface area contributed by atoms with Crippen LogP contribution in [0.1, 0.15) is 22.7 Å². The molecule has 2 aromatic rings. The molecule has 0 aliphatic carbocycles. The zero-order valence-electron chi connectivity index (χ0n) is 12.5. The van der Waals surface area contributed by atoms with Gasteiger partial charge in [0, 0.05) is 31.2 Å². The maximum Gasteiger partial charge on any atom is 0.123 e. The molecule has 0 bridgehead atoms. The molecule has 1 heterocycles. The van der Waals surface area contributed by atoms with Crippen molar-refractivity contribution >= 4 is 0 Å². The van der Waals surface area contributed by atoms with Gasteiger partial charge in [0.05, 0.1) is 7.11 Å². The van der Waals surface area contributed by atoms with E-state index < -0.39 is 0 Å². The Labute approximate surface area is 126 Å². The minimum absolute atomic E-state index is 0.0218. The van der Waals surface area contributed by atoms with Crippen LogP contribution in [0.4, 0.5) is 0 Å². The molecule has 1 aliphatic rings. The van der Waals surface area contributed by atoms with Crippen LogP contribution in [0.2, 0.25) is 0 Å². The summed E-state index contributed by atoms with van der Waals surface area (Å²) in [4.78, 5) is 2.43. The number of hydrogen-bond acceptors (Lipinski definition) is 3. The third kappa shape index (κ3) is 3.09. The smallest absolute Gasteiger partial charge is 0.123 e. The van der Waals surface area contributed by atoms with Crippen LogP contribution in [-0.2, 0) is 13.0 Å². The van der Waals surface area contributed by atoms with E-state index >= 15 is 0 Å². The summed E-state index contributed by atoms with van der Waals surface area (Å²) >= 11 is 0. The molecule has 3 nitrogen and oxygen atoms in total. The second-order valence-electron chi connectivity index (χ2n) is 5.60. The van der Waals surface area contributed by atoms with E-state index in [0.717, 1.165) is 37.4 Å². The third-order valence-corrected chi connectivity index (χ3v) is 4.20. The molecule has 21 heavy (non-hydrogen) atoms. The highest BCUT2D eigenvalue weighted by molar-refractivity contribution is 5.36. The Morgan fingerprint density at radius 3 is 2.62 bits per heavy atom. The van der Waals surface area contributed by atoms with Gasteiger partial charge in [0.2, 0.25) is 0 Å². The van der Waals surface area contributed by atoms with Gasteiger partial charge >= 0.3 is 0 Å². The molecule has 2 aromatic carbocycles. The Bertz CT molecular complexity index is 612. The average Bonchev–Trinajstić information content (AvgIpc) is 2.54. The molecule has 3 rings (SSSR count). The molecule has 2 N–H and O–H groups in total. The number of ether oxygens (including phenoxy) is 1. The van der Waals surface area contributed by atoms with Gasteiger partial charge in [0.15, 0.2) is 0 Å². The fourth-order valence-corrected chi connectivity index (χ4v) is 3.06. The first kappa shape index (κ1) is 14.1. The van der Waals surface area contributed by atoms with Crippen molar-refractivity contribution < 1.29 is 4.74 Å². The first-order chi connectivity index (χ1) is 10.3. The lowest BCUT2D eigenvalue weighted by molar-refractivity contribution is 0.237. The minimum atomic E-state index is -0.0218. The topological polar surface area (TPSA) is 38.5 Å². The predicted molar refractivity (Wildman–Crippen MR) is 85.3 cm³/mol. The number of benzene rings is 2. The first-order valence-corrected chi connectivity index (χ1v) is 7.45. The van der Waals surface area contributed by atoms with E-state index in [2.05, 4.69) is 35.2 Å². The van der Waals surface area contributed by atoms with E-state index in [1.807, 2.05) is 18.2 Å². The zero-order valence-corrected chi connectivity index (χ0v) is 12.5. The Balaban J connectivity index is 1.70. The van der Waals surface area contributed by atoms with Crippen LogP contribution in [0.25, 0.3) is 0 Å². The Morgan fingerprint density at radius 2 is 1.81 bits per heavy atom. The summed E-state index contributed by atoms with van der Waals surface area (Å²) in [5.74, 6) is 0.877. The van der Waals surface area contributed by atoms with Crippen molar-refractivity contribution in [2.45, 2.75) is 19.0 Å². The van der Waals surface area contributed by atoms with Gasteiger partial charge in [-0.25, -0.2) is 0 Å². The monoisotopic (exact) mass is 282 g/mol. The fourth-order valence-electron chi connectivity index (χ4n) is 3.06. The van der Waals surface area contributed by atoms with Crippen molar-refractivity contribution in [1.29, 1.82) is 0 Å². The van der Waals surface area contributed by atoms with Gasteiger partial charge in [0.1, 0.15) is 5.75 Å². The molecule has 1 unspecified atom stereocenters. The van der Waals surface area contributed by atoms with E-state index in [9.17, 15) is 0 Å². The van der Waals surface area contributed by atoms with Gasteiger partial charge in [-0.05, 0) is 23.6 Å². The molecule has 0 saturated carbocycles. The SMILES string of the molecule is COc1ccccc1C(N)CN1CCc2ccccc2C1. The molecule has 0 aromatic heterocycles. The number of para-hydroxylation sites is 1. The summed E-state index contributed by atoms with van der Waals surface area (Å²) in [5.41, 5.74) is 10.4. The van der Waals surface area contributed by atoms with Crippen LogP contribution < -0.4 is 10.5 Å². The second-order valence-corrected chi connectivity index (χ2v) is 5.60. The van der Waals surface area contributed by atoms with Crippen molar-refractivity contribution in [1.82, 2.24) is 4.90 Å². The van der Waals surface area contributed by atoms with Gasteiger partial charge in [-0.2, -0.15) is 0 Å². The number of fused-ring (bicyclic) bond motifs is 1. The van der Waals surface area contributed by atoms with Crippen molar-refractivity contribution in [2.75, 3.05) is 20.2 Å². The van der Waals surface area contributed by atoms with E-state index in [0.29, 0.717) is 0 Å².